The van der Waals surface area contributed by atoms with E-state index in [1.165, 1.54) is 14.2 Å². The van der Waals surface area contributed by atoms with Crippen molar-refractivity contribution in [3.63, 3.8) is 0 Å². The van der Waals surface area contributed by atoms with E-state index in [0.29, 0.717) is 32.8 Å². The van der Waals surface area contributed by atoms with Gasteiger partial charge >= 0.3 is 11.9 Å². The van der Waals surface area contributed by atoms with Crippen LogP contribution in [0.15, 0.2) is 48.5 Å². The first-order chi connectivity index (χ1) is 17.4. The van der Waals surface area contributed by atoms with E-state index in [4.69, 9.17) is 32.7 Å². The first-order valence-corrected chi connectivity index (χ1v) is 11.4. The molecule has 0 spiro atoms. The van der Waals surface area contributed by atoms with Crippen LogP contribution in [0.2, 0.25) is 10.0 Å². The van der Waals surface area contributed by atoms with Gasteiger partial charge in [0, 0.05) is 21.2 Å². The summed E-state index contributed by atoms with van der Waals surface area (Å²) in [7, 11) is 2.50. The number of tetrazole rings is 2. The van der Waals surface area contributed by atoms with Gasteiger partial charge in [0.25, 0.3) is 0 Å². The number of esters is 2. The smallest absolute Gasteiger partial charge is 0.332 e. The van der Waals surface area contributed by atoms with Crippen molar-refractivity contribution in [1.29, 1.82) is 0 Å². The fourth-order valence-corrected chi connectivity index (χ4v) is 3.64. The fourth-order valence-electron chi connectivity index (χ4n) is 3.39. The highest BCUT2D eigenvalue weighted by molar-refractivity contribution is 6.30. The number of nitrogens with zero attached hydrogens (tertiary/aromatic N) is 8. The van der Waals surface area contributed by atoms with Crippen LogP contribution < -0.4 is 0 Å². The largest absolute Gasteiger partial charge is 0.467 e. The van der Waals surface area contributed by atoms with Gasteiger partial charge in [-0.1, -0.05) is 23.2 Å². The van der Waals surface area contributed by atoms with E-state index in [0.717, 1.165) is 9.59 Å². The second kappa shape index (κ2) is 11.2. The molecule has 186 valence electrons. The third kappa shape index (κ3) is 5.66. The number of carbonyl (C=O) groups is 2. The van der Waals surface area contributed by atoms with Crippen LogP contribution in [0.3, 0.4) is 0 Å². The lowest BCUT2D eigenvalue weighted by atomic mass is 10.1. The van der Waals surface area contributed by atoms with Gasteiger partial charge in [-0.2, -0.15) is 0 Å². The van der Waals surface area contributed by atoms with Gasteiger partial charge in [-0.05, 0) is 71.8 Å². The summed E-state index contributed by atoms with van der Waals surface area (Å²) < 4.78 is 9.86. The van der Waals surface area contributed by atoms with Gasteiger partial charge in [-0.3, -0.25) is 0 Å². The number of aromatic nitrogens is 8. The molecule has 4 rings (SSSR count). The lowest BCUT2D eigenvalue weighted by Crippen LogP contribution is -2.28. The highest BCUT2D eigenvalue weighted by Gasteiger charge is 2.31. The minimum Gasteiger partial charge on any atom is -0.467 e. The maximum atomic E-state index is 12.6. The molecule has 0 aliphatic heterocycles. The van der Waals surface area contributed by atoms with Crippen molar-refractivity contribution in [1.82, 2.24) is 40.4 Å². The number of rotatable bonds is 9. The number of ether oxygens (including phenoxy) is 2. The first kappa shape index (κ1) is 25.2. The molecule has 0 amide bonds. The molecule has 2 aromatic heterocycles. The SMILES string of the molecule is COC(=O)C(CCC(C(=O)OC)n1nnc(-c2ccc(Cl)cc2)n1)n1nnc(-c2ccc(Cl)cc2)n1. The molecular formula is C22H20Cl2N8O4. The number of carbonyl (C=O) groups excluding carboxylic acids is 2. The fraction of sp³-hybridized carbons (Fsp3) is 0.273. The van der Waals surface area contributed by atoms with E-state index in [2.05, 4.69) is 30.8 Å². The average molecular weight is 531 g/mol. The van der Waals surface area contributed by atoms with Crippen LogP contribution in [0.25, 0.3) is 22.8 Å². The number of methoxy groups -OCH3 is 2. The van der Waals surface area contributed by atoms with Crippen LogP contribution in [0.4, 0.5) is 0 Å². The molecule has 2 atom stereocenters. The van der Waals surface area contributed by atoms with Crippen LogP contribution in [0.5, 0.6) is 0 Å². The van der Waals surface area contributed by atoms with Gasteiger partial charge in [-0.15, -0.1) is 30.0 Å². The molecule has 2 heterocycles. The molecule has 2 unspecified atom stereocenters. The Labute approximate surface area is 215 Å². The molecule has 2 aromatic carbocycles. The van der Waals surface area contributed by atoms with Crippen LogP contribution >= 0.6 is 23.2 Å². The summed E-state index contributed by atoms with van der Waals surface area (Å²) >= 11 is 11.9. The maximum Gasteiger partial charge on any atom is 0.332 e. The highest BCUT2D eigenvalue weighted by atomic mass is 35.5. The number of benzene rings is 2. The van der Waals surface area contributed by atoms with E-state index in [1.807, 2.05) is 0 Å². The van der Waals surface area contributed by atoms with Gasteiger partial charge in [0.2, 0.25) is 11.6 Å². The van der Waals surface area contributed by atoms with Crippen molar-refractivity contribution in [3.8, 4) is 22.8 Å². The summed E-state index contributed by atoms with van der Waals surface area (Å²) in [4.78, 5) is 27.4. The third-order valence-corrected chi connectivity index (χ3v) is 5.78. The Bertz CT molecular complexity index is 1240. The molecule has 14 heteroatoms. The number of halogens is 2. The summed E-state index contributed by atoms with van der Waals surface area (Å²) in [5.41, 5.74) is 1.34. The summed E-state index contributed by atoms with van der Waals surface area (Å²) in [6.07, 6.45) is 0.196. The van der Waals surface area contributed by atoms with Gasteiger partial charge in [0.1, 0.15) is 0 Å². The Kier molecular flexibility index (Phi) is 7.86. The molecule has 12 nitrogen and oxygen atoms in total. The predicted molar refractivity (Wildman–Crippen MR) is 128 cm³/mol. The van der Waals surface area contributed by atoms with Crippen molar-refractivity contribution in [2.24, 2.45) is 0 Å². The van der Waals surface area contributed by atoms with Crippen LogP contribution in [-0.4, -0.2) is 66.6 Å². The molecule has 0 N–H and O–H groups in total. The molecule has 0 radical (unpaired) electrons. The monoisotopic (exact) mass is 530 g/mol. The highest BCUT2D eigenvalue weighted by Crippen LogP contribution is 2.24. The molecule has 36 heavy (non-hydrogen) atoms. The summed E-state index contributed by atoms with van der Waals surface area (Å²) in [5.74, 6) is -0.606. The molecular weight excluding hydrogens is 511 g/mol. The number of hydrogen-bond acceptors (Lipinski definition) is 10. The van der Waals surface area contributed by atoms with E-state index < -0.39 is 24.0 Å². The van der Waals surface area contributed by atoms with E-state index in [-0.39, 0.29) is 12.8 Å². The topological polar surface area (TPSA) is 140 Å². The second-order valence-electron chi connectivity index (χ2n) is 7.54. The van der Waals surface area contributed by atoms with Crippen molar-refractivity contribution < 1.29 is 19.1 Å². The molecule has 0 aliphatic carbocycles. The van der Waals surface area contributed by atoms with Crippen molar-refractivity contribution >= 4 is 35.1 Å². The van der Waals surface area contributed by atoms with E-state index in [1.54, 1.807) is 48.5 Å². The Balaban J connectivity index is 1.55. The van der Waals surface area contributed by atoms with Gasteiger partial charge in [-0.25, -0.2) is 9.59 Å². The summed E-state index contributed by atoms with van der Waals surface area (Å²) in [6, 6.07) is 11.8. The third-order valence-electron chi connectivity index (χ3n) is 5.28. The van der Waals surface area contributed by atoms with Crippen LogP contribution in [0.1, 0.15) is 24.9 Å². The maximum absolute atomic E-state index is 12.6. The quantitative estimate of drug-likeness (QED) is 0.296. The van der Waals surface area contributed by atoms with Gasteiger partial charge < -0.3 is 9.47 Å². The average Bonchev–Trinajstić information content (AvgIpc) is 3.57. The zero-order chi connectivity index (χ0) is 25.7. The molecule has 4 aromatic rings. The Morgan fingerprint density at radius 1 is 0.722 bits per heavy atom. The lowest BCUT2D eigenvalue weighted by Gasteiger charge is -2.17. The normalized spacial score (nSPS) is 12.7. The minimum atomic E-state index is -0.963. The zero-order valence-electron chi connectivity index (χ0n) is 19.2. The standard InChI is InChI=1S/C22H20Cl2N8O4/c1-35-21(33)17(31-27-19(25-29-31)13-3-7-15(23)8-4-13)11-12-18(22(34)36-2)32-28-20(26-30-32)14-5-9-16(24)10-6-14/h3-10,17-18H,11-12H2,1-2H3. The van der Waals surface area contributed by atoms with Crippen molar-refractivity contribution in [2.45, 2.75) is 24.9 Å². The van der Waals surface area contributed by atoms with Crippen LogP contribution in [0, 0.1) is 0 Å². The second-order valence-corrected chi connectivity index (χ2v) is 8.41. The van der Waals surface area contributed by atoms with Gasteiger partial charge in [0.15, 0.2) is 12.1 Å². The van der Waals surface area contributed by atoms with Crippen LogP contribution in [-0.2, 0) is 19.1 Å². The Morgan fingerprint density at radius 2 is 1.08 bits per heavy atom. The number of hydrogen-bond donors (Lipinski definition) is 0. The molecule has 0 fully saturated rings. The van der Waals surface area contributed by atoms with E-state index >= 15 is 0 Å². The Hall–Kier alpha value is -3.90. The zero-order valence-corrected chi connectivity index (χ0v) is 20.7. The summed E-state index contributed by atoms with van der Waals surface area (Å²) in [5, 5.41) is 25.8. The Morgan fingerprint density at radius 3 is 1.42 bits per heavy atom. The lowest BCUT2D eigenvalue weighted by molar-refractivity contribution is -0.148. The molecule has 0 saturated heterocycles. The van der Waals surface area contributed by atoms with Gasteiger partial charge in [0.05, 0.1) is 14.2 Å². The van der Waals surface area contributed by atoms with Crippen molar-refractivity contribution in [3.05, 3.63) is 58.6 Å². The van der Waals surface area contributed by atoms with E-state index in [9.17, 15) is 9.59 Å². The first-order valence-electron chi connectivity index (χ1n) is 10.7. The molecule has 0 saturated carbocycles. The van der Waals surface area contributed by atoms with Crippen molar-refractivity contribution in [2.75, 3.05) is 14.2 Å². The summed E-state index contributed by atoms with van der Waals surface area (Å²) in [6.45, 7) is 0. The molecule has 0 aliphatic rings. The minimum absolute atomic E-state index is 0.0979. The predicted octanol–water partition coefficient (Wildman–Crippen LogP) is 3.21. The molecule has 0 bridgehead atoms.